The zero-order chi connectivity index (χ0) is 13.2. The van der Waals surface area contributed by atoms with E-state index in [0.717, 1.165) is 43.3 Å². The molecule has 0 saturated carbocycles. The highest BCUT2D eigenvalue weighted by Crippen LogP contribution is 2.15. The maximum absolute atomic E-state index is 12.8. The quantitative estimate of drug-likeness (QED) is 0.843. The van der Waals surface area contributed by atoms with Crippen molar-refractivity contribution in [2.24, 2.45) is 0 Å². The molecule has 4 nitrogen and oxygen atoms in total. The van der Waals surface area contributed by atoms with E-state index in [1.165, 1.54) is 18.6 Å². The van der Waals surface area contributed by atoms with Gasteiger partial charge in [-0.2, -0.15) is 0 Å². The lowest BCUT2D eigenvalue weighted by Crippen LogP contribution is -2.20. The molecule has 19 heavy (non-hydrogen) atoms. The van der Waals surface area contributed by atoms with Crippen LogP contribution in [0, 0.1) is 5.82 Å². The molecule has 0 spiro atoms. The minimum absolute atomic E-state index is 0.193. The van der Waals surface area contributed by atoms with Crippen molar-refractivity contribution >= 4 is 0 Å². The Morgan fingerprint density at radius 1 is 1.21 bits per heavy atom. The zero-order valence-electron chi connectivity index (χ0n) is 11.0. The molecular weight excluding hydrogens is 243 g/mol. The van der Waals surface area contributed by atoms with Gasteiger partial charge in [-0.05, 0) is 31.2 Å². The first-order valence-corrected chi connectivity index (χ1v) is 6.56. The van der Waals surface area contributed by atoms with Crippen LogP contribution in [-0.2, 0) is 26.1 Å². The topological polar surface area (TPSA) is 34.0 Å². The predicted molar refractivity (Wildman–Crippen MR) is 69.9 cm³/mol. The molecule has 100 valence electrons. The highest BCUT2D eigenvalue weighted by Gasteiger charge is 2.17. The first kappa shape index (κ1) is 12.3. The Bertz CT molecular complexity index is 561. The molecule has 1 aliphatic heterocycles. The summed E-state index contributed by atoms with van der Waals surface area (Å²) >= 11 is 0. The van der Waals surface area contributed by atoms with E-state index in [2.05, 4.69) is 19.7 Å². The van der Waals surface area contributed by atoms with Gasteiger partial charge in [0.2, 0.25) is 0 Å². The number of aryl methyl sites for hydroxylation is 1. The second kappa shape index (κ2) is 5.09. The fraction of sp³-hybridized carbons (Fsp3) is 0.429. The Labute approximate surface area is 111 Å². The van der Waals surface area contributed by atoms with Gasteiger partial charge < -0.3 is 4.57 Å². The average molecular weight is 260 g/mol. The SMILES string of the molecule is CN(Cc1ccc(F)cc1)Cc1nnc2n1CCC2. The minimum Gasteiger partial charge on any atom is -0.314 e. The standard InChI is InChI=1S/C14H17FN4/c1-18(9-11-4-6-12(15)7-5-11)10-14-17-16-13-3-2-8-19(13)14/h4-7H,2-3,8-10H2,1H3. The van der Waals surface area contributed by atoms with E-state index in [1.807, 2.05) is 19.2 Å². The van der Waals surface area contributed by atoms with Crippen molar-refractivity contribution in [2.45, 2.75) is 32.5 Å². The Hall–Kier alpha value is -1.75. The van der Waals surface area contributed by atoms with Crippen molar-refractivity contribution in [3.63, 3.8) is 0 Å². The molecule has 0 bridgehead atoms. The van der Waals surface area contributed by atoms with Gasteiger partial charge >= 0.3 is 0 Å². The van der Waals surface area contributed by atoms with Crippen LogP contribution in [0.1, 0.15) is 23.6 Å². The smallest absolute Gasteiger partial charge is 0.147 e. The summed E-state index contributed by atoms with van der Waals surface area (Å²) in [5.41, 5.74) is 1.10. The van der Waals surface area contributed by atoms with Crippen LogP contribution < -0.4 is 0 Å². The maximum atomic E-state index is 12.8. The van der Waals surface area contributed by atoms with Crippen LogP contribution in [0.2, 0.25) is 0 Å². The third-order valence-corrected chi connectivity index (χ3v) is 3.46. The Morgan fingerprint density at radius 2 is 2.00 bits per heavy atom. The van der Waals surface area contributed by atoms with Crippen molar-refractivity contribution in [3.8, 4) is 0 Å². The molecule has 2 heterocycles. The van der Waals surface area contributed by atoms with E-state index in [-0.39, 0.29) is 5.82 Å². The van der Waals surface area contributed by atoms with E-state index >= 15 is 0 Å². The Balaban J connectivity index is 1.64. The molecule has 0 N–H and O–H groups in total. The van der Waals surface area contributed by atoms with Gasteiger partial charge in [-0.1, -0.05) is 12.1 Å². The highest BCUT2D eigenvalue weighted by atomic mass is 19.1. The molecule has 0 fully saturated rings. The first-order valence-electron chi connectivity index (χ1n) is 6.56. The van der Waals surface area contributed by atoms with Gasteiger partial charge in [-0.15, -0.1) is 10.2 Å². The fourth-order valence-corrected chi connectivity index (χ4v) is 2.53. The summed E-state index contributed by atoms with van der Waals surface area (Å²) in [6.45, 7) is 2.58. The van der Waals surface area contributed by atoms with Crippen LogP contribution in [0.15, 0.2) is 24.3 Å². The van der Waals surface area contributed by atoms with Crippen molar-refractivity contribution in [3.05, 3.63) is 47.3 Å². The van der Waals surface area contributed by atoms with Gasteiger partial charge in [-0.3, -0.25) is 4.90 Å². The van der Waals surface area contributed by atoms with Crippen LogP contribution in [-0.4, -0.2) is 26.7 Å². The van der Waals surface area contributed by atoms with Gasteiger partial charge in [0.15, 0.2) is 0 Å². The lowest BCUT2D eigenvalue weighted by Gasteiger charge is -2.16. The largest absolute Gasteiger partial charge is 0.314 e. The highest BCUT2D eigenvalue weighted by molar-refractivity contribution is 5.15. The summed E-state index contributed by atoms with van der Waals surface area (Å²) in [5.74, 6) is 1.93. The number of nitrogens with zero attached hydrogens (tertiary/aromatic N) is 4. The van der Waals surface area contributed by atoms with Crippen LogP contribution in [0.4, 0.5) is 4.39 Å². The van der Waals surface area contributed by atoms with Crippen LogP contribution >= 0.6 is 0 Å². The molecule has 0 amide bonds. The van der Waals surface area contributed by atoms with E-state index in [0.29, 0.717) is 0 Å². The lowest BCUT2D eigenvalue weighted by molar-refractivity contribution is 0.305. The molecule has 0 aliphatic carbocycles. The molecule has 0 atom stereocenters. The molecule has 0 unspecified atom stereocenters. The normalized spacial score (nSPS) is 14.1. The van der Waals surface area contributed by atoms with E-state index in [1.54, 1.807) is 0 Å². The third-order valence-electron chi connectivity index (χ3n) is 3.46. The molecule has 1 aliphatic rings. The van der Waals surface area contributed by atoms with E-state index in [4.69, 9.17) is 0 Å². The molecule has 1 aromatic heterocycles. The minimum atomic E-state index is -0.193. The van der Waals surface area contributed by atoms with E-state index < -0.39 is 0 Å². The van der Waals surface area contributed by atoms with Crippen molar-refractivity contribution < 1.29 is 4.39 Å². The van der Waals surface area contributed by atoms with Gasteiger partial charge in [0.05, 0.1) is 6.54 Å². The Kier molecular flexibility index (Phi) is 3.29. The summed E-state index contributed by atoms with van der Waals surface area (Å²) < 4.78 is 15.1. The Morgan fingerprint density at radius 3 is 2.79 bits per heavy atom. The predicted octanol–water partition coefficient (Wildman–Crippen LogP) is 2.00. The summed E-state index contributed by atoms with van der Waals surface area (Å²) in [6.07, 6.45) is 2.20. The molecule has 0 radical (unpaired) electrons. The molecule has 1 aromatic carbocycles. The first-order chi connectivity index (χ1) is 9.22. The van der Waals surface area contributed by atoms with Crippen molar-refractivity contribution in [1.29, 1.82) is 0 Å². The zero-order valence-corrected chi connectivity index (χ0v) is 11.0. The molecular formula is C14H17FN4. The average Bonchev–Trinajstić information content (AvgIpc) is 2.97. The number of halogens is 1. The van der Waals surface area contributed by atoms with Crippen molar-refractivity contribution in [2.75, 3.05) is 7.05 Å². The van der Waals surface area contributed by atoms with Gasteiger partial charge in [0.25, 0.3) is 0 Å². The van der Waals surface area contributed by atoms with Crippen LogP contribution in [0.25, 0.3) is 0 Å². The molecule has 2 aromatic rings. The van der Waals surface area contributed by atoms with Gasteiger partial charge in [-0.25, -0.2) is 4.39 Å². The third kappa shape index (κ3) is 2.66. The van der Waals surface area contributed by atoms with Crippen LogP contribution in [0.3, 0.4) is 0 Å². The molecule has 0 saturated heterocycles. The molecule has 3 rings (SSSR count). The summed E-state index contributed by atoms with van der Waals surface area (Å²) in [4.78, 5) is 2.17. The number of fused-ring (bicyclic) bond motifs is 1. The lowest BCUT2D eigenvalue weighted by atomic mass is 10.2. The summed E-state index contributed by atoms with van der Waals surface area (Å²) in [7, 11) is 2.04. The number of hydrogen-bond acceptors (Lipinski definition) is 3. The van der Waals surface area contributed by atoms with Gasteiger partial charge in [0.1, 0.15) is 17.5 Å². The number of rotatable bonds is 4. The van der Waals surface area contributed by atoms with E-state index in [9.17, 15) is 4.39 Å². The number of benzene rings is 1. The second-order valence-electron chi connectivity index (χ2n) is 5.09. The van der Waals surface area contributed by atoms with Gasteiger partial charge in [0, 0.05) is 19.5 Å². The van der Waals surface area contributed by atoms with Crippen molar-refractivity contribution in [1.82, 2.24) is 19.7 Å². The number of hydrogen-bond donors (Lipinski definition) is 0. The monoisotopic (exact) mass is 260 g/mol. The van der Waals surface area contributed by atoms with Crippen LogP contribution in [0.5, 0.6) is 0 Å². The maximum Gasteiger partial charge on any atom is 0.147 e. The number of aromatic nitrogens is 3. The molecule has 5 heteroatoms. The summed E-state index contributed by atoms with van der Waals surface area (Å²) in [5, 5.41) is 8.45. The fourth-order valence-electron chi connectivity index (χ4n) is 2.53. The summed E-state index contributed by atoms with van der Waals surface area (Å²) in [6, 6.07) is 6.63. The second-order valence-corrected chi connectivity index (χ2v) is 5.09.